The lowest BCUT2D eigenvalue weighted by Crippen LogP contribution is -2.27. The molecule has 31 heavy (non-hydrogen) atoms. The number of ether oxygens (including phenoxy) is 1. The van der Waals surface area contributed by atoms with Crippen molar-refractivity contribution in [3.63, 3.8) is 0 Å². The lowest BCUT2D eigenvalue weighted by Gasteiger charge is -2.13. The smallest absolute Gasteiger partial charge is 0.220 e. The van der Waals surface area contributed by atoms with Gasteiger partial charge >= 0.3 is 0 Å². The lowest BCUT2D eigenvalue weighted by atomic mass is 10.0. The Kier molecular flexibility index (Phi) is 5.98. The van der Waals surface area contributed by atoms with Crippen LogP contribution in [0.3, 0.4) is 0 Å². The fourth-order valence-corrected chi connectivity index (χ4v) is 3.74. The third kappa shape index (κ3) is 4.58. The van der Waals surface area contributed by atoms with Gasteiger partial charge in [0.25, 0.3) is 0 Å². The quantitative estimate of drug-likeness (QED) is 0.435. The van der Waals surface area contributed by atoms with Gasteiger partial charge in [-0.1, -0.05) is 6.07 Å². The molecule has 4 rings (SSSR count). The summed E-state index contributed by atoms with van der Waals surface area (Å²) in [7, 11) is 1.62. The monoisotopic (exact) mass is 417 g/mol. The van der Waals surface area contributed by atoms with Crippen LogP contribution in [0.5, 0.6) is 5.75 Å². The topological polar surface area (TPSA) is 67.0 Å². The maximum Gasteiger partial charge on any atom is 0.220 e. The van der Waals surface area contributed by atoms with Crippen molar-refractivity contribution in [3.8, 4) is 17.0 Å². The third-order valence-corrected chi connectivity index (χ3v) is 5.36. The molecule has 2 heterocycles. The molecule has 0 bridgehead atoms. The van der Waals surface area contributed by atoms with Crippen LogP contribution in [0.2, 0.25) is 0 Å². The first-order valence-corrected chi connectivity index (χ1v) is 10.2. The normalized spacial score (nSPS) is 12.0. The highest BCUT2D eigenvalue weighted by atomic mass is 19.1. The number of nitrogens with one attached hydrogen (secondary N) is 2. The first-order chi connectivity index (χ1) is 15.0. The van der Waals surface area contributed by atoms with E-state index >= 15 is 0 Å². The second-order valence-corrected chi connectivity index (χ2v) is 7.44. The van der Waals surface area contributed by atoms with E-state index in [1.54, 1.807) is 19.4 Å². The summed E-state index contributed by atoms with van der Waals surface area (Å²) in [5.41, 5.74) is 4.40. The van der Waals surface area contributed by atoms with Crippen molar-refractivity contribution < 1.29 is 13.9 Å². The Labute approximate surface area is 180 Å². The minimum Gasteiger partial charge on any atom is -0.497 e. The molecule has 5 nitrogen and oxygen atoms in total. The van der Waals surface area contributed by atoms with Gasteiger partial charge in [0.15, 0.2) is 0 Å². The molecule has 4 aromatic rings. The summed E-state index contributed by atoms with van der Waals surface area (Å²) in [6, 6.07) is 17.8. The van der Waals surface area contributed by atoms with Gasteiger partial charge in [-0.3, -0.25) is 9.78 Å². The minimum absolute atomic E-state index is 0.0791. The van der Waals surface area contributed by atoms with Crippen LogP contribution in [-0.4, -0.2) is 23.0 Å². The first-order valence-electron chi connectivity index (χ1n) is 10.2. The van der Waals surface area contributed by atoms with E-state index in [1.807, 2.05) is 49.4 Å². The van der Waals surface area contributed by atoms with Crippen molar-refractivity contribution >= 4 is 16.8 Å². The zero-order chi connectivity index (χ0) is 21.8. The predicted octanol–water partition coefficient (Wildman–Crippen LogP) is 5.19. The highest BCUT2D eigenvalue weighted by Gasteiger charge is 2.17. The van der Waals surface area contributed by atoms with Gasteiger partial charge < -0.3 is 15.0 Å². The zero-order valence-electron chi connectivity index (χ0n) is 17.5. The molecule has 0 spiro atoms. The van der Waals surface area contributed by atoms with Crippen molar-refractivity contribution in [2.24, 2.45) is 0 Å². The maximum atomic E-state index is 14.0. The second-order valence-electron chi connectivity index (χ2n) is 7.44. The fourth-order valence-electron chi connectivity index (χ4n) is 3.74. The van der Waals surface area contributed by atoms with Crippen LogP contribution in [0.4, 0.5) is 4.39 Å². The van der Waals surface area contributed by atoms with Crippen LogP contribution in [0, 0.1) is 5.82 Å². The Morgan fingerprint density at radius 3 is 2.68 bits per heavy atom. The Hall–Kier alpha value is -3.67. The number of aryl methyl sites for hydroxylation is 1. The van der Waals surface area contributed by atoms with Crippen LogP contribution in [0.25, 0.3) is 22.2 Å². The van der Waals surface area contributed by atoms with E-state index in [2.05, 4.69) is 15.3 Å². The number of benzene rings is 2. The number of hydrogen-bond donors (Lipinski definition) is 2. The summed E-state index contributed by atoms with van der Waals surface area (Å²) in [6.45, 7) is 1.91. The highest BCUT2D eigenvalue weighted by molar-refractivity contribution is 5.91. The molecule has 2 N–H and O–H groups in total. The number of carbonyl (C=O) groups excluding carboxylic acids is 1. The number of halogens is 1. The van der Waals surface area contributed by atoms with Gasteiger partial charge in [0.1, 0.15) is 11.6 Å². The Morgan fingerprint density at radius 2 is 1.97 bits per heavy atom. The van der Waals surface area contributed by atoms with Crippen LogP contribution < -0.4 is 10.1 Å². The molecule has 0 fully saturated rings. The summed E-state index contributed by atoms with van der Waals surface area (Å²) in [6.07, 6.45) is 2.47. The molecule has 2 aromatic carbocycles. The van der Waals surface area contributed by atoms with E-state index in [0.29, 0.717) is 6.42 Å². The van der Waals surface area contributed by atoms with Crippen molar-refractivity contribution in [2.45, 2.75) is 25.8 Å². The van der Waals surface area contributed by atoms with E-state index in [1.165, 1.54) is 12.1 Å². The molecular weight excluding hydrogens is 393 g/mol. The number of methoxy groups -OCH3 is 1. The number of fused-ring (bicyclic) bond motifs is 1. The average molecular weight is 417 g/mol. The molecule has 158 valence electrons. The fraction of sp³-hybridized carbons (Fsp3) is 0.200. The number of H-pyrrole nitrogens is 1. The van der Waals surface area contributed by atoms with E-state index in [-0.39, 0.29) is 24.2 Å². The number of pyridine rings is 1. The van der Waals surface area contributed by atoms with Crippen LogP contribution in [-0.2, 0) is 11.2 Å². The van der Waals surface area contributed by atoms with Crippen molar-refractivity contribution in [1.29, 1.82) is 0 Å². The van der Waals surface area contributed by atoms with Crippen molar-refractivity contribution in [2.75, 3.05) is 7.11 Å². The molecule has 0 aliphatic rings. The van der Waals surface area contributed by atoms with Gasteiger partial charge in [-0.2, -0.15) is 0 Å². The second kappa shape index (κ2) is 9.00. The van der Waals surface area contributed by atoms with Gasteiger partial charge in [0.05, 0.1) is 18.8 Å². The third-order valence-electron chi connectivity index (χ3n) is 5.36. The average Bonchev–Trinajstić information content (AvgIpc) is 3.16. The molecule has 0 radical (unpaired) electrons. The van der Waals surface area contributed by atoms with E-state index in [9.17, 15) is 9.18 Å². The van der Waals surface area contributed by atoms with Crippen LogP contribution in [0.1, 0.15) is 30.6 Å². The van der Waals surface area contributed by atoms with Gasteiger partial charge in [-0.25, -0.2) is 4.39 Å². The van der Waals surface area contributed by atoms with Gasteiger partial charge in [0, 0.05) is 29.2 Å². The van der Waals surface area contributed by atoms with Crippen molar-refractivity contribution in [1.82, 2.24) is 15.3 Å². The predicted molar refractivity (Wildman–Crippen MR) is 119 cm³/mol. The number of nitrogens with zero attached hydrogens (tertiary/aromatic N) is 1. The molecule has 0 saturated heterocycles. The van der Waals surface area contributed by atoms with Crippen LogP contribution in [0.15, 0.2) is 66.9 Å². The summed E-state index contributed by atoms with van der Waals surface area (Å²) in [4.78, 5) is 20.3. The molecule has 1 atom stereocenters. The summed E-state index contributed by atoms with van der Waals surface area (Å²) in [5.74, 6) is 0.377. The van der Waals surface area contributed by atoms with Gasteiger partial charge in [-0.05, 0) is 79.1 Å². The number of amides is 1. The Morgan fingerprint density at radius 1 is 1.16 bits per heavy atom. The molecular formula is C25H24FN3O2. The van der Waals surface area contributed by atoms with Crippen LogP contribution >= 0.6 is 0 Å². The maximum absolute atomic E-state index is 14.0. The summed E-state index contributed by atoms with van der Waals surface area (Å²) >= 11 is 0. The number of hydrogen-bond acceptors (Lipinski definition) is 3. The first kappa shape index (κ1) is 20.6. The van der Waals surface area contributed by atoms with E-state index in [4.69, 9.17) is 4.74 Å². The largest absolute Gasteiger partial charge is 0.497 e. The molecule has 0 unspecified atom stereocenters. The zero-order valence-corrected chi connectivity index (χ0v) is 17.5. The Balaban J connectivity index is 1.58. The molecule has 0 aliphatic carbocycles. The van der Waals surface area contributed by atoms with Gasteiger partial charge in [0.2, 0.25) is 5.91 Å². The number of aromatic amines is 1. The van der Waals surface area contributed by atoms with Crippen molar-refractivity contribution in [3.05, 3.63) is 83.9 Å². The SMILES string of the molecule is COc1ccc(-c2[nH]c3ccc(F)cc3c2CCC(=O)N[C@H](C)c2ccccn2)cc1. The molecule has 0 saturated carbocycles. The van der Waals surface area contributed by atoms with Gasteiger partial charge in [-0.15, -0.1) is 0 Å². The molecule has 6 heteroatoms. The standard InChI is InChI=1S/C25H24FN3O2/c1-16(22-5-3-4-14-27-22)28-24(30)13-11-20-21-15-18(26)8-12-23(21)29-25(20)17-6-9-19(31-2)10-7-17/h3-10,12,14-16,29H,11,13H2,1-2H3,(H,28,30)/t16-/m1/s1. The number of aromatic nitrogens is 2. The summed E-state index contributed by atoms with van der Waals surface area (Å²) in [5, 5.41) is 3.78. The van der Waals surface area contributed by atoms with E-state index in [0.717, 1.165) is 39.2 Å². The Bertz CT molecular complexity index is 1190. The molecule has 0 aliphatic heterocycles. The lowest BCUT2D eigenvalue weighted by molar-refractivity contribution is -0.121. The molecule has 1 amide bonds. The number of rotatable bonds is 7. The summed E-state index contributed by atoms with van der Waals surface area (Å²) < 4.78 is 19.2. The number of carbonyl (C=O) groups is 1. The molecule has 2 aromatic heterocycles. The highest BCUT2D eigenvalue weighted by Crippen LogP contribution is 2.32. The minimum atomic E-state index is -0.303. The van der Waals surface area contributed by atoms with E-state index < -0.39 is 0 Å².